The van der Waals surface area contributed by atoms with Crippen LogP contribution in [0.3, 0.4) is 0 Å². The van der Waals surface area contributed by atoms with Gasteiger partial charge in [0.1, 0.15) is 5.82 Å². The van der Waals surface area contributed by atoms with Crippen molar-refractivity contribution in [2.24, 2.45) is 0 Å². The first-order valence-corrected chi connectivity index (χ1v) is 23.7. The molecule has 0 spiro atoms. The largest absolute Gasteiger partial charge is 0.478 e. The molecule has 0 saturated carbocycles. The van der Waals surface area contributed by atoms with Gasteiger partial charge in [0.2, 0.25) is 0 Å². The highest BCUT2D eigenvalue weighted by molar-refractivity contribution is 7.93. The summed E-state index contributed by atoms with van der Waals surface area (Å²) in [6, 6.07) is 36.4. The van der Waals surface area contributed by atoms with E-state index < -0.39 is 54.4 Å². The molecule has 0 bridgehead atoms. The Labute approximate surface area is 376 Å². The number of aryl methyl sites for hydroxylation is 4. The van der Waals surface area contributed by atoms with Crippen LogP contribution in [0.5, 0.6) is 0 Å². The zero-order chi connectivity index (χ0) is 47.0. The number of anilines is 2. The topological polar surface area (TPSA) is 167 Å². The lowest BCUT2D eigenvalue weighted by atomic mass is 9.99. The van der Waals surface area contributed by atoms with Crippen molar-refractivity contribution in [3.8, 4) is 0 Å². The number of carbonyl (C=O) groups is 2. The normalized spacial score (nSPS) is 11.6. The molecule has 0 aliphatic heterocycles. The molecular weight excluding hydrogens is 885 g/mol. The number of aromatic carboxylic acids is 2. The molecule has 0 atom stereocenters. The van der Waals surface area contributed by atoms with Crippen molar-refractivity contribution >= 4 is 43.4 Å². The number of rotatable bonds is 20. The molecule has 16 heteroatoms. The summed E-state index contributed by atoms with van der Waals surface area (Å²) >= 11 is 0. The molecule has 0 fully saturated rings. The van der Waals surface area contributed by atoms with Gasteiger partial charge in [0.05, 0.1) is 37.9 Å². The molecule has 0 heterocycles. The molecule has 0 aliphatic carbocycles. The summed E-state index contributed by atoms with van der Waals surface area (Å²) in [7, 11) is -8.27. The number of sulfonamides is 2. The van der Waals surface area contributed by atoms with Crippen molar-refractivity contribution < 1.29 is 54.2 Å². The molecule has 65 heavy (non-hydrogen) atoms. The van der Waals surface area contributed by atoms with Crippen molar-refractivity contribution in [3.05, 3.63) is 190 Å². The zero-order valence-electron chi connectivity index (χ0n) is 35.1. The highest BCUT2D eigenvalue weighted by atomic mass is 32.2. The number of halogens is 4. The van der Waals surface area contributed by atoms with E-state index in [1.165, 1.54) is 24.3 Å². The molecule has 6 aromatic rings. The Morgan fingerprint density at radius 2 is 0.831 bits per heavy atom. The van der Waals surface area contributed by atoms with Crippen LogP contribution in [0.15, 0.2) is 155 Å². The van der Waals surface area contributed by atoms with E-state index in [-0.39, 0.29) is 16.1 Å². The predicted molar refractivity (Wildman–Crippen MR) is 242 cm³/mol. The van der Waals surface area contributed by atoms with Crippen LogP contribution < -0.4 is 9.44 Å². The fourth-order valence-electron chi connectivity index (χ4n) is 7.14. The third kappa shape index (κ3) is 14.5. The SMILES string of the molecule is O=C(O)c1ccccc1CCCCCc1ccccc1NS(=O)(=O)c1ccc(F)cc1.O=C(O)c1ccccc1CCCCCc1ccccc1NS(=O)(=O)c1ccccc1C(F)(F)F. The van der Waals surface area contributed by atoms with Gasteiger partial charge in [-0.2, -0.15) is 13.2 Å². The smallest absolute Gasteiger partial charge is 0.417 e. The van der Waals surface area contributed by atoms with Crippen molar-refractivity contribution in [2.45, 2.75) is 80.2 Å². The van der Waals surface area contributed by atoms with Gasteiger partial charge in [-0.05, 0) is 134 Å². The van der Waals surface area contributed by atoms with Crippen molar-refractivity contribution in [3.63, 3.8) is 0 Å². The molecule has 0 amide bonds. The Hall–Kier alpha value is -6.52. The summed E-state index contributed by atoms with van der Waals surface area (Å²) in [5, 5.41) is 18.5. The molecule has 10 nitrogen and oxygen atoms in total. The van der Waals surface area contributed by atoms with E-state index >= 15 is 0 Å². The molecule has 6 rings (SSSR count). The lowest BCUT2D eigenvalue weighted by Gasteiger charge is -2.16. The maximum absolute atomic E-state index is 13.3. The number of unbranched alkanes of at least 4 members (excludes halogenated alkanes) is 4. The Kier molecular flexibility index (Phi) is 17.4. The fraction of sp³-hybridized carbons (Fsp3) is 0.224. The predicted octanol–water partition coefficient (Wildman–Crippen LogP) is 11.4. The third-order valence-electron chi connectivity index (χ3n) is 10.4. The maximum Gasteiger partial charge on any atom is 0.417 e. The van der Waals surface area contributed by atoms with Gasteiger partial charge in [0, 0.05) is 0 Å². The average molecular weight is 933 g/mol. The van der Waals surface area contributed by atoms with Crippen LogP contribution in [0.1, 0.15) is 87.1 Å². The molecule has 0 aliphatic rings. The molecule has 0 radical (unpaired) electrons. The molecule has 6 aromatic carbocycles. The van der Waals surface area contributed by atoms with E-state index in [2.05, 4.69) is 9.44 Å². The van der Waals surface area contributed by atoms with E-state index in [0.717, 1.165) is 79.1 Å². The number of nitrogens with one attached hydrogen (secondary N) is 2. The second-order valence-corrected chi connectivity index (χ2v) is 18.4. The number of hydrogen-bond donors (Lipinski definition) is 4. The van der Waals surface area contributed by atoms with Gasteiger partial charge in [0.15, 0.2) is 0 Å². The second kappa shape index (κ2) is 22.9. The van der Waals surface area contributed by atoms with E-state index in [1.54, 1.807) is 66.7 Å². The number of benzene rings is 6. The minimum atomic E-state index is -4.80. The average Bonchev–Trinajstić information content (AvgIpc) is 3.27. The summed E-state index contributed by atoms with van der Waals surface area (Å²) in [6.45, 7) is 0. The number of para-hydroxylation sites is 2. The molecule has 342 valence electrons. The first-order chi connectivity index (χ1) is 31.0. The van der Waals surface area contributed by atoms with Gasteiger partial charge >= 0.3 is 18.1 Å². The maximum atomic E-state index is 13.3. The van der Waals surface area contributed by atoms with Gasteiger partial charge in [-0.25, -0.2) is 30.8 Å². The first-order valence-electron chi connectivity index (χ1n) is 20.7. The summed E-state index contributed by atoms with van der Waals surface area (Å²) in [5.41, 5.74) is 3.25. The van der Waals surface area contributed by atoms with Crippen LogP contribution in [0.25, 0.3) is 0 Å². The molecule has 4 N–H and O–H groups in total. The Morgan fingerprint density at radius 1 is 0.462 bits per heavy atom. The standard InChI is InChI=1S/C25H24F3NO4S.C24H24FNO4S/c26-25(27,28)21-15-7-9-17-23(21)34(32,33)29-22-16-8-5-13-19(22)12-3-1-2-10-18-11-4-6-14-20(18)24(30)31;25-20-14-16-21(17-15-20)31(29,30)26-23-13-7-5-11-19(23)10-3-1-2-8-18-9-4-6-12-22(18)24(27)28/h4-9,11,13-17,29H,1-3,10,12H2,(H,30,31);4-7,9,11-17,26H,1-3,8,10H2,(H,27,28). The van der Waals surface area contributed by atoms with E-state index in [4.69, 9.17) is 0 Å². The lowest BCUT2D eigenvalue weighted by Crippen LogP contribution is -2.19. The van der Waals surface area contributed by atoms with Crippen LogP contribution in [0.2, 0.25) is 0 Å². The highest BCUT2D eigenvalue weighted by Gasteiger charge is 2.37. The second-order valence-electron chi connectivity index (χ2n) is 15.0. The monoisotopic (exact) mass is 932 g/mol. The van der Waals surface area contributed by atoms with Crippen LogP contribution in [0, 0.1) is 5.82 Å². The molecule has 0 unspecified atom stereocenters. The minimum absolute atomic E-state index is 0.000740. The molecule has 0 saturated heterocycles. The van der Waals surface area contributed by atoms with Gasteiger partial charge in [-0.15, -0.1) is 0 Å². The summed E-state index contributed by atoms with van der Waals surface area (Å²) in [4.78, 5) is 21.8. The van der Waals surface area contributed by atoms with Gasteiger partial charge in [-0.1, -0.05) is 97.8 Å². The zero-order valence-corrected chi connectivity index (χ0v) is 36.7. The van der Waals surface area contributed by atoms with Gasteiger partial charge < -0.3 is 10.2 Å². The van der Waals surface area contributed by atoms with E-state index in [1.807, 2.05) is 24.3 Å². The fourth-order valence-corrected chi connectivity index (χ4v) is 9.57. The summed E-state index contributed by atoms with van der Waals surface area (Å²) in [5.74, 6) is -2.38. The van der Waals surface area contributed by atoms with Crippen LogP contribution >= 0.6 is 0 Å². The number of hydrogen-bond acceptors (Lipinski definition) is 6. The van der Waals surface area contributed by atoms with Gasteiger partial charge in [0.25, 0.3) is 20.0 Å². The van der Waals surface area contributed by atoms with E-state index in [0.29, 0.717) is 48.9 Å². The molecule has 0 aromatic heterocycles. The van der Waals surface area contributed by atoms with Crippen molar-refractivity contribution in [1.82, 2.24) is 0 Å². The third-order valence-corrected chi connectivity index (χ3v) is 13.2. The number of alkyl halides is 3. The number of carboxylic acid groups (broad SMARTS) is 2. The van der Waals surface area contributed by atoms with Crippen LogP contribution in [-0.2, 0) is 51.9 Å². The van der Waals surface area contributed by atoms with Crippen molar-refractivity contribution in [2.75, 3.05) is 9.44 Å². The quantitative estimate of drug-likeness (QED) is 0.0433. The Balaban J connectivity index is 0.000000245. The van der Waals surface area contributed by atoms with Crippen LogP contribution in [0.4, 0.5) is 28.9 Å². The minimum Gasteiger partial charge on any atom is -0.478 e. The summed E-state index contributed by atoms with van der Waals surface area (Å²) in [6.07, 6.45) is 2.46. The van der Waals surface area contributed by atoms with E-state index in [9.17, 15) is 54.2 Å². The van der Waals surface area contributed by atoms with Crippen LogP contribution in [-0.4, -0.2) is 39.0 Å². The lowest BCUT2D eigenvalue weighted by molar-refractivity contribution is -0.139. The first kappa shape index (κ1) is 49.5. The molecular formula is C49H48F4N2O8S2. The van der Waals surface area contributed by atoms with Gasteiger partial charge in [-0.3, -0.25) is 9.44 Å². The number of carboxylic acids is 2. The Morgan fingerprint density at radius 3 is 1.28 bits per heavy atom. The van der Waals surface area contributed by atoms with Crippen molar-refractivity contribution in [1.29, 1.82) is 0 Å². The Bertz CT molecular complexity index is 2780. The highest BCUT2D eigenvalue weighted by Crippen LogP contribution is 2.35. The summed E-state index contributed by atoms with van der Waals surface area (Å²) < 4.78 is 109.